The molecule has 1 aromatic carbocycles. The molecule has 1 heterocycles. The van der Waals surface area contributed by atoms with Crippen molar-refractivity contribution in [3.8, 4) is 5.75 Å². The van der Waals surface area contributed by atoms with Crippen LogP contribution in [0.25, 0.3) is 0 Å². The van der Waals surface area contributed by atoms with E-state index in [0.29, 0.717) is 30.9 Å². The summed E-state index contributed by atoms with van der Waals surface area (Å²) in [6.45, 7) is 1.13. The second kappa shape index (κ2) is 15.1. The molecule has 0 spiro atoms. The lowest BCUT2D eigenvalue weighted by Crippen LogP contribution is -2.55. The van der Waals surface area contributed by atoms with Crippen LogP contribution in [-0.2, 0) is 9.59 Å². The molecule has 10 heteroatoms. The Bertz CT molecular complexity index is 788. The predicted molar refractivity (Wildman–Crippen MR) is 137 cm³/mol. The molecule has 1 aliphatic heterocycles. The molecule has 2 fully saturated rings. The molecule has 0 bridgehead atoms. The fourth-order valence-electron chi connectivity index (χ4n) is 4.78. The SMILES string of the molecule is Cl.Cl.N=C(N)c1ccc(OCC[C@H]2CCCCN2C(=O)[C@H](CC(=O)O)NC2CCCCC2)cc1. The van der Waals surface area contributed by atoms with Crippen molar-refractivity contribution in [3.05, 3.63) is 29.8 Å². The van der Waals surface area contributed by atoms with E-state index in [1.165, 1.54) is 6.42 Å². The molecule has 0 unspecified atom stereocenters. The van der Waals surface area contributed by atoms with Crippen molar-refractivity contribution in [2.45, 2.75) is 82.3 Å². The fourth-order valence-corrected chi connectivity index (χ4v) is 4.78. The van der Waals surface area contributed by atoms with E-state index in [0.717, 1.165) is 44.9 Å². The summed E-state index contributed by atoms with van der Waals surface area (Å²) < 4.78 is 5.86. The van der Waals surface area contributed by atoms with E-state index in [-0.39, 0.29) is 55.1 Å². The molecule has 1 aliphatic carbocycles. The zero-order valence-corrected chi connectivity index (χ0v) is 21.2. The highest BCUT2D eigenvalue weighted by molar-refractivity contribution is 5.95. The van der Waals surface area contributed by atoms with Crippen molar-refractivity contribution in [2.24, 2.45) is 5.73 Å². The van der Waals surface area contributed by atoms with E-state index in [9.17, 15) is 14.7 Å². The Balaban J connectivity index is 0.00000289. The summed E-state index contributed by atoms with van der Waals surface area (Å²) >= 11 is 0. The van der Waals surface area contributed by atoms with Crippen molar-refractivity contribution in [1.82, 2.24) is 10.2 Å². The van der Waals surface area contributed by atoms with Crippen LogP contribution in [0.2, 0.25) is 0 Å². The maximum atomic E-state index is 13.4. The largest absolute Gasteiger partial charge is 0.494 e. The highest BCUT2D eigenvalue weighted by Gasteiger charge is 2.34. The number of likely N-dealkylation sites (tertiary alicyclic amines) is 1. The summed E-state index contributed by atoms with van der Waals surface area (Å²) in [6.07, 6.45) is 8.89. The van der Waals surface area contributed by atoms with Crippen molar-refractivity contribution in [3.63, 3.8) is 0 Å². The number of amidine groups is 1. The van der Waals surface area contributed by atoms with E-state index in [1.807, 2.05) is 4.90 Å². The van der Waals surface area contributed by atoms with Crippen LogP contribution in [0.15, 0.2) is 24.3 Å². The van der Waals surface area contributed by atoms with Crippen molar-refractivity contribution in [2.75, 3.05) is 13.2 Å². The van der Waals surface area contributed by atoms with E-state index >= 15 is 0 Å². The number of carboxylic acids is 1. The number of piperidine rings is 1. The first-order chi connectivity index (χ1) is 15.4. The van der Waals surface area contributed by atoms with Gasteiger partial charge in [0.15, 0.2) is 0 Å². The number of rotatable bonds is 10. The van der Waals surface area contributed by atoms with Crippen LogP contribution < -0.4 is 15.8 Å². The Kier molecular flexibility index (Phi) is 13.3. The number of carbonyl (C=O) groups is 2. The highest BCUT2D eigenvalue weighted by Crippen LogP contribution is 2.24. The van der Waals surface area contributed by atoms with Crippen LogP contribution in [0, 0.1) is 5.41 Å². The minimum Gasteiger partial charge on any atom is -0.494 e. The molecule has 34 heavy (non-hydrogen) atoms. The van der Waals surface area contributed by atoms with Gasteiger partial charge in [-0.2, -0.15) is 0 Å². The molecule has 2 atom stereocenters. The zero-order valence-electron chi connectivity index (χ0n) is 19.5. The maximum absolute atomic E-state index is 13.4. The van der Waals surface area contributed by atoms with Crippen molar-refractivity contribution >= 4 is 42.5 Å². The average Bonchev–Trinajstić information content (AvgIpc) is 2.79. The van der Waals surface area contributed by atoms with E-state index < -0.39 is 12.0 Å². The molecule has 1 saturated carbocycles. The van der Waals surface area contributed by atoms with Gasteiger partial charge >= 0.3 is 5.97 Å². The number of nitrogens with one attached hydrogen (secondary N) is 2. The van der Waals surface area contributed by atoms with E-state index in [4.69, 9.17) is 15.9 Å². The number of ether oxygens (including phenoxy) is 1. The number of halogens is 2. The fraction of sp³-hybridized carbons (Fsp3) is 0.625. The third-order valence-corrected chi connectivity index (χ3v) is 6.51. The van der Waals surface area contributed by atoms with Gasteiger partial charge in [0.25, 0.3) is 0 Å². The summed E-state index contributed by atoms with van der Waals surface area (Å²) in [6, 6.07) is 6.69. The Hall–Kier alpha value is -2.03. The molecule has 0 radical (unpaired) electrons. The zero-order chi connectivity index (χ0) is 22.9. The highest BCUT2D eigenvalue weighted by atomic mass is 35.5. The lowest BCUT2D eigenvalue weighted by atomic mass is 9.93. The lowest BCUT2D eigenvalue weighted by molar-refractivity contribution is -0.144. The summed E-state index contributed by atoms with van der Waals surface area (Å²) in [7, 11) is 0. The number of nitrogen functional groups attached to an aromatic ring is 1. The van der Waals surface area contributed by atoms with Gasteiger partial charge in [-0.15, -0.1) is 24.8 Å². The van der Waals surface area contributed by atoms with Gasteiger partial charge in [-0.25, -0.2) is 0 Å². The number of amides is 1. The molecule has 5 N–H and O–H groups in total. The lowest BCUT2D eigenvalue weighted by Gasteiger charge is -2.39. The van der Waals surface area contributed by atoms with Crippen molar-refractivity contribution < 1.29 is 19.4 Å². The number of carbonyl (C=O) groups excluding carboxylic acids is 1. The van der Waals surface area contributed by atoms with Gasteiger partial charge in [0, 0.05) is 30.6 Å². The van der Waals surface area contributed by atoms with Gasteiger partial charge in [0.05, 0.1) is 19.1 Å². The maximum Gasteiger partial charge on any atom is 0.305 e. The van der Waals surface area contributed by atoms with Gasteiger partial charge in [0.1, 0.15) is 11.6 Å². The Morgan fingerprint density at radius 3 is 2.35 bits per heavy atom. The standard InChI is InChI=1S/C24H36N4O4.2ClH/c25-23(26)17-9-11-20(12-10-17)32-15-13-19-8-4-5-14-28(19)24(31)21(16-22(29)30)27-18-6-2-1-3-7-18;;/h9-12,18-19,21,27H,1-8,13-16H2,(H3,25,26)(H,29,30);2*1H/t19-,21+;;/m1../s1. The molecule has 1 aromatic rings. The molecule has 192 valence electrons. The van der Waals surface area contributed by atoms with Crippen LogP contribution in [-0.4, -0.2) is 59.0 Å². The first kappa shape index (κ1) is 30.0. The number of benzene rings is 1. The number of nitrogens with zero attached hydrogens (tertiary/aromatic N) is 1. The summed E-state index contributed by atoms with van der Waals surface area (Å²) in [5.74, 6) is -0.317. The average molecular weight is 517 g/mol. The quantitative estimate of drug-likeness (QED) is 0.277. The molecular formula is C24H38Cl2N4O4. The number of aliphatic carboxylic acids is 1. The minimum absolute atomic E-state index is 0. The van der Waals surface area contributed by atoms with E-state index in [2.05, 4.69) is 5.32 Å². The van der Waals surface area contributed by atoms with Crippen LogP contribution in [0.1, 0.15) is 69.8 Å². The smallest absolute Gasteiger partial charge is 0.305 e. The third-order valence-electron chi connectivity index (χ3n) is 6.51. The van der Waals surface area contributed by atoms with Crippen molar-refractivity contribution in [1.29, 1.82) is 5.41 Å². The van der Waals surface area contributed by atoms with Crippen LogP contribution >= 0.6 is 24.8 Å². The van der Waals surface area contributed by atoms with E-state index in [1.54, 1.807) is 24.3 Å². The summed E-state index contributed by atoms with van der Waals surface area (Å²) in [5, 5.41) is 20.2. The van der Waals surface area contributed by atoms with Gasteiger partial charge in [-0.3, -0.25) is 15.0 Å². The molecule has 2 aliphatic rings. The van der Waals surface area contributed by atoms with Gasteiger partial charge in [-0.1, -0.05) is 19.3 Å². The first-order valence-corrected chi connectivity index (χ1v) is 11.8. The number of carboxylic acid groups (broad SMARTS) is 1. The molecular weight excluding hydrogens is 479 g/mol. The van der Waals surface area contributed by atoms with Crippen LogP contribution in [0.4, 0.5) is 0 Å². The van der Waals surface area contributed by atoms with Gasteiger partial charge < -0.3 is 25.8 Å². The number of nitrogens with two attached hydrogens (primary N) is 1. The van der Waals surface area contributed by atoms with Crippen LogP contribution in [0.3, 0.4) is 0 Å². The minimum atomic E-state index is -0.947. The molecule has 3 rings (SSSR count). The number of hydrogen-bond donors (Lipinski definition) is 4. The molecule has 1 amide bonds. The Morgan fingerprint density at radius 2 is 1.74 bits per heavy atom. The second-order valence-corrected chi connectivity index (χ2v) is 8.91. The third kappa shape index (κ3) is 8.96. The predicted octanol–water partition coefficient (Wildman–Crippen LogP) is 3.73. The van der Waals surface area contributed by atoms with Gasteiger partial charge in [-0.05, 0) is 56.4 Å². The summed E-state index contributed by atoms with van der Waals surface area (Å²) in [5.41, 5.74) is 6.13. The normalized spacial score (nSPS) is 19.3. The molecule has 0 aromatic heterocycles. The second-order valence-electron chi connectivity index (χ2n) is 8.91. The monoisotopic (exact) mass is 516 g/mol. The Morgan fingerprint density at radius 1 is 1.09 bits per heavy atom. The molecule has 1 saturated heterocycles. The summed E-state index contributed by atoms with van der Waals surface area (Å²) in [4.78, 5) is 26.7. The topological polar surface area (TPSA) is 129 Å². The van der Waals surface area contributed by atoms with Gasteiger partial charge in [0.2, 0.25) is 5.91 Å². The Labute approximate surface area is 214 Å². The first-order valence-electron chi connectivity index (χ1n) is 11.8. The molecule has 8 nitrogen and oxygen atoms in total. The number of hydrogen-bond acceptors (Lipinski definition) is 5. The van der Waals surface area contributed by atoms with Crippen LogP contribution in [0.5, 0.6) is 5.75 Å².